The number of unbranched alkanes of at least 4 members (excludes halogenated alkanes) is 12. The first-order valence-electron chi connectivity index (χ1n) is 25.1. The van der Waals surface area contributed by atoms with Gasteiger partial charge in [-0.2, -0.15) is 0 Å². The summed E-state index contributed by atoms with van der Waals surface area (Å²) < 4.78 is 39.2. The van der Waals surface area contributed by atoms with Crippen molar-refractivity contribution in [2.75, 3.05) is 26.4 Å². The fraction of sp³-hybridized carbons (Fsp3) is 0.648. The van der Waals surface area contributed by atoms with Crippen LogP contribution in [-0.2, 0) is 42.2 Å². The van der Waals surface area contributed by atoms with Crippen molar-refractivity contribution in [2.45, 2.75) is 200 Å². The van der Waals surface area contributed by atoms with Crippen molar-refractivity contribution in [1.29, 1.82) is 0 Å². The number of carbonyl (C=O) groups is 3. The summed E-state index contributed by atoms with van der Waals surface area (Å²) in [5, 5.41) is 9.76. The Labute approximate surface area is 400 Å². The van der Waals surface area contributed by atoms with Crippen LogP contribution in [0.5, 0.6) is 0 Å². The van der Waals surface area contributed by atoms with E-state index in [0.717, 1.165) is 103 Å². The van der Waals surface area contributed by atoms with E-state index in [1.54, 1.807) is 0 Å². The smallest absolute Gasteiger partial charge is 0.462 e. The summed E-state index contributed by atoms with van der Waals surface area (Å²) in [6.45, 7) is 4.23. The number of carbonyl (C=O) groups excluding carboxylic acids is 3. The van der Waals surface area contributed by atoms with Crippen molar-refractivity contribution in [3.8, 4) is 0 Å². The first-order valence-corrected chi connectivity index (χ1v) is 26.6. The van der Waals surface area contributed by atoms with Crippen LogP contribution in [-0.4, -0.2) is 66.5 Å². The van der Waals surface area contributed by atoms with Crippen molar-refractivity contribution >= 4 is 25.7 Å². The molecule has 0 aromatic heterocycles. The molecule has 66 heavy (non-hydrogen) atoms. The number of aliphatic hydroxyl groups is 1. The lowest BCUT2D eigenvalue weighted by Crippen LogP contribution is -2.30. The average molecular weight is 945 g/mol. The number of phosphoric ester groups is 1. The van der Waals surface area contributed by atoms with E-state index in [4.69, 9.17) is 23.3 Å². The summed E-state index contributed by atoms with van der Waals surface area (Å²) in [4.78, 5) is 48.2. The van der Waals surface area contributed by atoms with Crippen LogP contribution in [0.4, 0.5) is 0 Å². The van der Waals surface area contributed by atoms with Gasteiger partial charge in [-0.15, -0.1) is 0 Å². The van der Waals surface area contributed by atoms with Gasteiger partial charge in [0.25, 0.3) is 0 Å². The minimum atomic E-state index is -4.77. The van der Waals surface area contributed by atoms with Gasteiger partial charge in [0.2, 0.25) is 0 Å². The molecule has 0 fully saturated rings. The number of ether oxygens (including phenoxy) is 3. The monoisotopic (exact) mass is 945 g/mol. The molecule has 0 rings (SSSR count). The summed E-state index contributed by atoms with van der Waals surface area (Å²) in [7, 11) is -4.77. The van der Waals surface area contributed by atoms with E-state index in [-0.39, 0.29) is 25.9 Å². The fourth-order valence-electron chi connectivity index (χ4n) is 6.20. The topological polar surface area (TPSA) is 155 Å². The molecule has 0 heterocycles. The lowest BCUT2D eigenvalue weighted by atomic mass is 10.1. The zero-order valence-electron chi connectivity index (χ0n) is 41.1. The van der Waals surface area contributed by atoms with Crippen LogP contribution in [0, 0.1) is 0 Å². The molecule has 0 saturated carbocycles. The van der Waals surface area contributed by atoms with E-state index >= 15 is 0 Å². The second-order valence-electron chi connectivity index (χ2n) is 16.2. The zero-order valence-corrected chi connectivity index (χ0v) is 42.0. The number of esters is 3. The number of aliphatic hydroxyl groups excluding tert-OH is 1. The van der Waals surface area contributed by atoms with Gasteiger partial charge in [-0.25, -0.2) is 4.57 Å². The van der Waals surface area contributed by atoms with E-state index in [1.165, 1.54) is 25.7 Å². The third kappa shape index (κ3) is 45.6. The van der Waals surface area contributed by atoms with Crippen LogP contribution in [0.15, 0.2) is 97.2 Å². The number of allylic oxidation sites excluding steroid dienone is 16. The Morgan fingerprint density at radius 3 is 1.33 bits per heavy atom. The molecule has 0 aliphatic rings. The fourth-order valence-corrected chi connectivity index (χ4v) is 6.98. The highest BCUT2D eigenvalue weighted by molar-refractivity contribution is 7.47. The molecule has 0 bridgehead atoms. The van der Waals surface area contributed by atoms with Crippen molar-refractivity contribution in [3.05, 3.63) is 97.2 Å². The van der Waals surface area contributed by atoms with Crippen LogP contribution >= 0.6 is 7.82 Å². The number of hydrogen-bond donors (Lipinski definition) is 2. The lowest BCUT2D eigenvalue weighted by Gasteiger charge is -2.21. The van der Waals surface area contributed by atoms with Crippen molar-refractivity contribution in [2.24, 2.45) is 0 Å². The van der Waals surface area contributed by atoms with Crippen LogP contribution in [0.25, 0.3) is 0 Å². The Kier molecular flexibility index (Phi) is 45.3. The Balaban J connectivity index is 4.88. The van der Waals surface area contributed by atoms with E-state index < -0.39 is 57.8 Å². The van der Waals surface area contributed by atoms with E-state index in [9.17, 15) is 28.9 Å². The molecule has 0 aliphatic heterocycles. The SMILES string of the molecule is CC/C=C\C/C=C\C/C=C\C/C=C\CCC(=O)OC(COC(=O)CCCCC/C=C\C/C=C\C/C=C\CC)COP(=O)(O)OCC(CO)OC(=O)CCCCCCC/C=C\CCCCCC. The van der Waals surface area contributed by atoms with Crippen molar-refractivity contribution in [3.63, 3.8) is 0 Å². The molecule has 0 aromatic rings. The molecule has 0 spiro atoms. The van der Waals surface area contributed by atoms with Gasteiger partial charge in [0, 0.05) is 19.3 Å². The summed E-state index contributed by atoms with van der Waals surface area (Å²) in [6, 6.07) is 0. The predicted octanol–water partition coefficient (Wildman–Crippen LogP) is 14.1. The Bertz CT molecular complexity index is 1480. The van der Waals surface area contributed by atoms with E-state index in [2.05, 4.69) is 106 Å². The van der Waals surface area contributed by atoms with Crippen molar-refractivity contribution in [1.82, 2.24) is 0 Å². The molecule has 0 saturated heterocycles. The summed E-state index contributed by atoms with van der Waals surface area (Å²) in [5.41, 5.74) is 0. The van der Waals surface area contributed by atoms with Gasteiger partial charge in [-0.1, -0.05) is 163 Å². The van der Waals surface area contributed by atoms with Gasteiger partial charge in [-0.05, 0) is 103 Å². The molecule has 0 aromatic carbocycles. The van der Waals surface area contributed by atoms with E-state index in [1.807, 2.05) is 12.2 Å². The maximum atomic E-state index is 12.8. The molecule has 376 valence electrons. The highest BCUT2D eigenvalue weighted by Gasteiger charge is 2.28. The number of phosphoric acid groups is 1. The van der Waals surface area contributed by atoms with Crippen LogP contribution < -0.4 is 0 Å². The quantitative estimate of drug-likeness (QED) is 0.0197. The van der Waals surface area contributed by atoms with Gasteiger partial charge in [0.05, 0.1) is 19.8 Å². The first-order chi connectivity index (χ1) is 32.2. The molecule has 0 aliphatic carbocycles. The Morgan fingerprint density at radius 2 is 0.818 bits per heavy atom. The molecule has 3 atom stereocenters. The molecule has 11 nitrogen and oxygen atoms in total. The van der Waals surface area contributed by atoms with Gasteiger partial charge in [0.15, 0.2) is 6.10 Å². The highest BCUT2D eigenvalue weighted by Crippen LogP contribution is 2.43. The molecule has 12 heteroatoms. The third-order valence-corrected chi connectivity index (χ3v) is 10.9. The lowest BCUT2D eigenvalue weighted by molar-refractivity contribution is -0.161. The second kappa shape index (κ2) is 47.9. The Hall–Kier alpha value is -3.60. The number of hydrogen-bond acceptors (Lipinski definition) is 10. The normalized spacial score (nSPS) is 14.3. The summed E-state index contributed by atoms with van der Waals surface area (Å²) in [6.07, 6.45) is 54.0. The maximum Gasteiger partial charge on any atom is 0.472 e. The third-order valence-electron chi connectivity index (χ3n) is 9.99. The van der Waals surface area contributed by atoms with Crippen LogP contribution in [0.2, 0.25) is 0 Å². The van der Waals surface area contributed by atoms with Gasteiger partial charge in [-0.3, -0.25) is 23.4 Å². The largest absolute Gasteiger partial charge is 0.472 e. The predicted molar refractivity (Wildman–Crippen MR) is 270 cm³/mol. The standard InChI is InChI=1S/C54H89O11P/c1-4-7-10-13-16-19-22-25-28-31-34-37-40-43-52(56)61-47-51(65-54(58)45-42-39-36-33-30-27-24-21-18-15-12-9-6-3)49-63-66(59,60)62-48-50(46-55)64-53(57)44-41-38-35-32-29-26-23-20-17-14-11-8-5-2/h7,9-10,12,16,18-21,23,25,27-28,30,36,39,50-51,55H,4-6,8,11,13-15,17,22,24,26,29,31-35,37-38,40-49H2,1-3H3,(H,59,60)/b10-7-,12-9-,19-16-,21-18-,23-20-,28-25-,30-27-,39-36-. The van der Waals surface area contributed by atoms with Crippen molar-refractivity contribution < 1.29 is 52.2 Å². The van der Waals surface area contributed by atoms with E-state index in [0.29, 0.717) is 19.3 Å². The van der Waals surface area contributed by atoms with Gasteiger partial charge < -0.3 is 24.2 Å². The summed E-state index contributed by atoms with van der Waals surface area (Å²) in [5.74, 6) is -1.62. The molecule has 0 radical (unpaired) electrons. The number of rotatable bonds is 45. The molecule has 3 unspecified atom stereocenters. The molecule has 0 amide bonds. The first kappa shape index (κ1) is 62.4. The average Bonchev–Trinajstić information content (AvgIpc) is 3.30. The molecule has 2 N–H and O–H groups in total. The van der Waals surface area contributed by atoms with Crippen LogP contribution in [0.3, 0.4) is 0 Å². The van der Waals surface area contributed by atoms with Gasteiger partial charge in [0.1, 0.15) is 12.7 Å². The highest BCUT2D eigenvalue weighted by atomic mass is 31.2. The second-order valence-corrected chi connectivity index (χ2v) is 17.7. The zero-order chi connectivity index (χ0) is 48.4. The van der Waals surface area contributed by atoms with Gasteiger partial charge >= 0.3 is 25.7 Å². The summed E-state index contributed by atoms with van der Waals surface area (Å²) >= 11 is 0. The maximum absolute atomic E-state index is 12.8. The molecular formula is C54H89O11P. The minimum Gasteiger partial charge on any atom is -0.462 e. The molecular weight excluding hydrogens is 856 g/mol. The van der Waals surface area contributed by atoms with Crippen LogP contribution in [0.1, 0.15) is 188 Å². The minimum absolute atomic E-state index is 0.0352. The Morgan fingerprint density at radius 1 is 0.439 bits per heavy atom.